The Labute approximate surface area is 163 Å². The molecule has 0 unspecified atom stereocenters. The molecule has 1 aromatic carbocycles. The van der Waals surface area contributed by atoms with E-state index in [1.165, 1.54) is 5.56 Å². The van der Waals surface area contributed by atoms with Crippen molar-refractivity contribution in [3.63, 3.8) is 0 Å². The van der Waals surface area contributed by atoms with Gasteiger partial charge in [-0.3, -0.25) is 4.57 Å². The molecule has 2 N–H and O–H groups in total. The summed E-state index contributed by atoms with van der Waals surface area (Å²) in [5.41, 5.74) is 4.08. The van der Waals surface area contributed by atoms with Crippen LogP contribution in [0, 0.1) is 0 Å². The summed E-state index contributed by atoms with van der Waals surface area (Å²) in [4.78, 5) is 20.1. The molecule has 28 heavy (non-hydrogen) atoms. The van der Waals surface area contributed by atoms with E-state index < -0.39 is 0 Å². The van der Waals surface area contributed by atoms with Gasteiger partial charge in [-0.25, -0.2) is 9.78 Å². The van der Waals surface area contributed by atoms with E-state index in [-0.39, 0.29) is 6.03 Å². The summed E-state index contributed by atoms with van der Waals surface area (Å²) in [6.07, 6.45) is 8.32. The van der Waals surface area contributed by atoms with Crippen LogP contribution >= 0.6 is 0 Å². The summed E-state index contributed by atoms with van der Waals surface area (Å²) in [6.45, 7) is 2.80. The number of fused-ring (bicyclic) bond motifs is 2. The molecule has 4 aromatic rings. The van der Waals surface area contributed by atoms with Gasteiger partial charge in [0, 0.05) is 36.1 Å². The second kappa shape index (κ2) is 7.76. The van der Waals surface area contributed by atoms with Crippen molar-refractivity contribution in [1.29, 1.82) is 0 Å². The summed E-state index contributed by atoms with van der Waals surface area (Å²) in [6, 6.07) is 10.0. The highest BCUT2D eigenvalue weighted by Crippen LogP contribution is 2.27. The number of hydrogen-bond donors (Lipinski definition) is 2. The summed E-state index contributed by atoms with van der Waals surface area (Å²) in [5, 5.41) is 5.11. The Morgan fingerprint density at radius 2 is 2.14 bits per heavy atom. The number of benzene rings is 1. The summed E-state index contributed by atoms with van der Waals surface area (Å²) < 4.78 is 7.00. The van der Waals surface area contributed by atoms with Crippen molar-refractivity contribution in [1.82, 2.24) is 19.9 Å². The van der Waals surface area contributed by atoms with Gasteiger partial charge in [0.15, 0.2) is 0 Å². The number of unbranched alkanes of at least 4 members (excludes halogenated alkanes) is 1. The molecule has 0 saturated carbocycles. The number of aromatic amines is 1. The molecule has 6 nitrogen and oxygen atoms in total. The number of carbonyl (C=O) groups is 1. The van der Waals surface area contributed by atoms with E-state index in [4.69, 9.17) is 4.74 Å². The predicted molar refractivity (Wildman–Crippen MR) is 111 cm³/mol. The third-order valence-electron chi connectivity index (χ3n) is 5.06. The Bertz CT molecular complexity index is 1130. The number of methoxy groups -OCH3 is 1. The quantitative estimate of drug-likeness (QED) is 0.488. The highest BCUT2D eigenvalue weighted by molar-refractivity contribution is 5.93. The minimum atomic E-state index is -0.0818. The Kier molecular flexibility index (Phi) is 5.02. The summed E-state index contributed by atoms with van der Waals surface area (Å²) in [5.74, 6) is 0.737. The largest absolute Gasteiger partial charge is 0.495 e. The van der Waals surface area contributed by atoms with E-state index in [9.17, 15) is 4.79 Å². The van der Waals surface area contributed by atoms with Crippen LogP contribution in [-0.4, -0.2) is 34.2 Å². The molecule has 0 fully saturated rings. The lowest BCUT2D eigenvalue weighted by atomic mass is 10.0. The van der Waals surface area contributed by atoms with E-state index in [0.717, 1.165) is 52.5 Å². The van der Waals surface area contributed by atoms with Crippen LogP contribution in [0.2, 0.25) is 0 Å². The Morgan fingerprint density at radius 1 is 1.25 bits per heavy atom. The average Bonchev–Trinajstić information content (AvgIpc) is 3.32. The van der Waals surface area contributed by atoms with E-state index >= 15 is 0 Å². The Morgan fingerprint density at radius 3 is 2.96 bits per heavy atom. The minimum absolute atomic E-state index is 0.0818. The third-order valence-corrected chi connectivity index (χ3v) is 5.06. The number of nitrogens with one attached hydrogen (secondary N) is 2. The fourth-order valence-corrected chi connectivity index (χ4v) is 3.52. The normalized spacial score (nSPS) is 11.2. The Balaban J connectivity index is 1.66. The van der Waals surface area contributed by atoms with Crippen LogP contribution in [0.5, 0.6) is 5.75 Å². The zero-order valence-electron chi connectivity index (χ0n) is 16.2. The van der Waals surface area contributed by atoms with Gasteiger partial charge in [-0.2, -0.15) is 0 Å². The van der Waals surface area contributed by atoms with Crippen molar-refractivity contribution < 1.29 is 9.53 Å². The number of H-pyrrole nitrogens is 1. The summed E-state index contributed by atoms with van der Waals surface area (Å²) >= 11 is 0. The lowest BCUT2D eigenvalue weighted by molar-refractivity contribution is 0.243. The maximum atomic E-state index is 12.5. The zero-order valence-corrected chi connectivity index (χ0v) is 16.2. The highest BCUT2D eigenvalue weighted by Gasteiger charge is 2.13. The first-order valence-corrected chi connectivity index (χ1v) is 9.58. The number of carbonyl (C=O) groups excluding carboxylic acids is 1. The van der Waals surface area contributed by atoms with Crippen molar-refractivity contribution in [3.8, 4) is 5.75 Å². The molecule has 0 spiro atoms. The molecule has 4 rings (SSSR count). The molecular weight excluding hydrogens is 352 g/mol. The van der Waals surface area contributed by atoms with E-state index in [1.54, 1.807) is 17.9 Å². The molecular formula is C22H24N4O2. The maximum absolute atomic E-state index is 12.5. The smallest absolute Gasteiger partial charge is 0.326 e. The SMILES string of the molecule is CCCCNC(=O)n1ccc2c(Cc3c[nH]c4ncc(OC)cc34)cccc21. The van der Waals surface area contributed by atoms with E-state index in [1.807, 2.05) is 36.7 Å². The second-order valence-electron chi connectivity index (χ2n) is 6.88. The third kappa shape index (κ3) is 3.33. The van der Waals surface area contributed by atoms with Gasteiger partial charge in [0.2, 0.25) is 0 Å². The number of rotatable bonds is 6. The van der Waals surface area contributed by atoms with Gasteiger partial charge in [0.05, 0.1) is 18.8 Å². The van der Waals surface area contributed by atoms with Gasteiger partial charge in [-0.05, 0) is 35.7 Å². The van der Waals surface area contributed by atoms with Gasteiger partial charge in [-0.15, -0.1) is 0 Å². The molecule has 1 amide bonds. The van der Waals surface area contributed by atoms with Gasteiger partial charge in [-0.1, -0.05) is 25.5 Å². The number of nitrogens with zero attached hydrogens (tertiary/aromatic N) is 2. The number of ether oxygens (including phenoxy) is 1. The lowest BCUT2D eigenvalue weighted by Crippen LogP contribution is -2.28. The molecule has 0 aliphatic rings. The molecule has 0 bridgehead atoms. The van der Waals surface area contributed by atoms with Crippen LogP contribution in [-0.2, 0) is 6.42 Å². The molecule has 6 heteroatoms. The topological polar surface area (TPSA) is 71.9 Å². The molecule has 0 radical (unpaired) electrons. The van der Waals surface area contributed by atoms with Gasteiger partial charge >= 0.3 is 6.03 Å². The fourth-order valence-electron chi connectivity index (χ4n) is 3.52. The molecule has 3 aromatic heterocycles. The maximum Gasteiger partial charge on any atom is 0.326 e. The lowest BCUT2D eigenvalue weighted by Gasteiger charge is -2.08. The summed E-state index contributed by atoms with van der Waals surface area (Å²) in [7, 11) is 1.64. The number of pyridine rings is 1. The van der Waals surface area contributed by atoms with E-state index in [2.05, 4.69) is 28.3 Å². The van der Waals surface area contributed by atoms with Crippen molar-refractivity contribution in [2.24, 2.45) is 0 Å². The zero-order chi connectivity index (χ0) is 19.5. The highest BCUT2D eigenvalue weighted by atomic mass is 16.5. The van der Waals surface area contributed by atoms with Crippen LogP contribution in [0.1, 0.15) is 30.9 Å². The average molecular weight is 376 g/mol. The van der Waals surface area contributed by atoms with Crippen molar-refractivity contribution in [2.45, 2.75) is 26.2 Å². The van der Waals surface area contributed by atoms with Crippen LogP contribution in [0.25, 0.3) is 21.9 Å². The van der Waals surface area contributed by atoms with E-state index in [0.29, 0.717) is 6.54 Å². The first-order chi connectivity index (χ1) is 13.7. The molecule has 3 heterocycles. The van der Waals surface area contributed by atoms with Crippen molar-refractivity contribution >= 4 is 28.0 Å². The van der Waals surface area contributed by atoms with Crippen molar-refractivity contribution in [3.05, 3.63) is 60.0 Å². The fraction of sp³-hybridized carbons (Fsp3) is 0.273. The minimum Gasteiger partial charge on any atom is -0.495 e. The van der Waals surface area contributed by atoms with Crippen LogP contribution in [0.4, 0.5) is 4.79 Å². The number of aromatic nitrogens is 3. The first kappa shape index (κ1) is 18.1. The molecule has 0 aliphatic carbocycles. The van der Waals surface area contributed by atoms with Crippen molar-refractivity contribution in [2.75, 3.05) is 13.7 Å². The Hall–Kier alpha value is -3.28. The monoisotopic (exact) mass is 376 g/mol. The van der Waals surface area contributed by atoms with Crippen LogP contribution in [0.15, 0.2) is 48.9 Å². The number of hydrogen-bond acceptors (Lipinski definition) is 3. The van der Waals surface area contributed by atoms with Crippen LogP contribution in [0.3, 0.4) is 0 Å². The molecule has 144 valence electrons. The second-order valence-corrected chi connectivity index (χ2v) is 6.88. The van der Waals surface area contributed by atoms with Gasteiger partial charge in [0.1, 0.15) is 11.4 Å². The molecule has 0 aliphatic heterocycles. The van der Waals surface area contributed by atoms with Crippen LogP contribution < -0.4 is 10.1 Å². The predicted octanol–water partition coefficient (Wildman–Crippen LogP) is 4.47. The van der Waals surface area contributed by atoms with Gasteiger partial charge < -0.3 is 15.0 Å². The molecule has 0 saturated heterocycles. The number of amides is 1. The molecule has 0 atom stereocenters. The standard InChI is InChI=1S/C22H24N4O2/c1-3-4-9-23-22(27)26-10-8-18-15(6-5-7-20(18)26)11-16-13-24-21-19(16)12-17(28-2)14-25-21/h5-8,10,12-14H,3-4,9,11H2,1-2H3,(H,23,27)(H,24,25). The first-order valence-electron chi connectivity index (χ1n) is 9.58. The van der Waals surface area contributed by atoms with Gasteiger partial charge in [0.25, 0.3) is 0 Å².